The molecule has 0 aliphatic rings. The number of hydrogen-bond donors (Lipinski definition) is 2. The lowest BCUT2D eigenvalue weighted by molar-refractivity contribution is -0.152. The third kappa shape index (κ3) is 5.82. The van der Waals surface area contributed by atoms with Gasteiger partial charge in [0.05, 0.1) is 19.2 Å². The number of anilines is 1. The summed E-state index contributed by atoms with van der Waals surface area (Å²) in [6.07, 6.45) is -0.897. The Labute approximate surface area is 180 Å². The van der Waals surface area contributed by atoms with Crippen LogP contribution in [0.2, 0.25) is 0 Å². The van der Waals surface area contributed by atoms with Crippen LogP contribution >= 0.6 is 0 Å². The van der Waals surface area contributed by atoms with Crippen molar-refractivity contribution in [3.8, 4) is 5.75 Å². The third-order valence-electron chi connectivity index (χ3n) is 4.70. The molecule has 2 N–H and O–H groups in total. The first kappa shape index (κ1) is 21.8. The van der Waals surface area contributed by atoms with Crippen LogP contribution < -0.4 is 15.4 Å². The normalized spacial score (nSPS) is 11.4. The maximum Gasteiger partial charge on any atom is 0.326 e. The largest absolute Gasteiger partial charge is 0.495 e. The van der Waals surface area contributed by atoms with Crippen molar-refractivity contribution in [1.29, 1.82) is 0 Å². The highest BCUT2D eigenvalue weighted by molar-refractivity contribution is 5.96. The van der Waals surface area contributed by atoms with Crippen molar-refractivity contribution in [2.24, 2.45) is 0 Å². The maximum absolute atomic E-state index is 12.3. The van der Waals surface area contributed by atoms with Gasteiger partial charge in [0.15, 0.2) is 6.10 Å². The number of hydrogen-bond acceptors (Lipinski definition) is 5. The molecule has 0 aliphatic carbocycles. The van der Waals surface area contributed by atoms with Gasteiger partial charge in [-0.2, -0.15) is 0 Å². The van der Waals surface area contributed by atoms with Gasteiger partial charge < -0.3 is 20.1 Å². The molecule has 0 saturated carbocycles. The minimum absolute atomic E-state index is 0.137. The molecule has 0 spiro atoms. The number of rotatable bonds is 8. The summed E-state index contributed by atoms with van der Waals surface area (Å²) in [7, 11) is 1.50. The second-order valence-electron chi connectivity index (χ2n) is 6.91. The van der Waals surface area contributed by atoms with Crippen LogP contribution in [0.1, 0.15) is 12.5 Å². The molecule has 0 fully saturated rings. The Morgan fingerprint density at radius 2 is 1.65 bits per heavy atom. The van der Waals surface area contributed by atoms with E-state index in [2.05, 4.69) is 10.6 Å². The van der Waals surface area contributed by atoms with E-state index in [0.29, 0.717) is 11.4 Å². The molecule has 1 atom stereocenters. The fraction of sp³-hybridized carbons (Fsp3) is 0.208. The van der Waals surface area contributed by atoms with Crippen molar-refractivity contribution in [1.82, 2.24) is 5.32 Å². The molecule has 3 rings (SSSR count). The van der Waals surface area contributed by atoms with Crippen molar-refractivity contribution in [2.75, 3.05) is 19.0 Å². The first-order valence-corrected chi connectivity index (χ1v) is 9.84. The van der Waals surface area contributed by atoms with Crippen LogP contribution in [0.15, 0.2) is 66.7 Å². The number of methoxy groups -OCH3 is 1. The van der Waals surface area contributed by atoms with E-state index >= 15 is 0 Å². The van der Waals surface area contributed by atoms with Crippen molar-refractivity contribution in [3.63, 3.8) is 0 Å². The molecule has 0 bridgehead atoms. The zero-order valence-corrected chi connectivity index (χ0v) is 17.4. The predicted molar refractivity (Wildman–Crippen MR) is 118 cm³/mol. The Morgan fingerprint density at radius 1 is 0.935 bits per heavy atom. The molecular formula is C24H24N2O5. The van der Waals surface area contributed by atoms with Gasteiger partial charge in [0.25, 0.3) is 5.91 Å². The van der Waals surface area contributed by atoms with E-state index in [0.717, 1.165) is 16.3 Å². The van der Waals surface area contributed by atoms with Gasteiger partial charge in [0.2, 0.25) is 5.91 Å². The molecule has 0 heterocycles. The highest BCUT2D eigenvalue weighted by Gasteiger charge is 2.19. The lowest BCUT2D eigenvalue weighted by atomic mass is 10.0. The number of fused-ring (bicyclic) bond motifs is 1. The predicted octanol–water partition coefficient (Wildman–Crippen LogP) is 3.08. The number of para-hydroxylation sites is 2. The summed E-state index contributed by atoms with van der Waals surface area (Å²) in [4.78, 5) is 36.6. The Morgan fingerprint density at radius 3 is 2.45 bits per heavy atom. The third-order valence-corrected chi connectivity index (χ3v) is 4.70. The number of esters is 1. The Balaban J connectivity index is 1.49. The average molecular weight is 420 g/mol. The highest BCUT2D eigenvalue weighted by atomic mass is 16.5. The summed E-state index contributed by atoms with van der Waals surface area (Å²) in [6, 6.07) is 20.4. The molecular weight excluding hydrogens is 396 g/mol. The van der Waals surface area contributed by atoms with Gasteiger partial charge in [0.1, 0.15) is 12.3 Å². The molecule has 0 aromatic heterocycles. The smallest absolute Gasteiger partial charge is 0.326 e. The fourth-order valence-electron chi connectivity index (χ4n) is 3.13. The Hall–Kier alpha value is -3.87. The van der Waals surface area contributed by atoms with Gasteiger partial charge in [0, 0.05) is 0 Å². The molecule has 3 aromatic rings. The van der Waals surface area contributed by atoms with E-state index in [1.165, 1.54) is 14.0 Å². The lowest BCUT2D eigenvalue weighted by Gasteiger charge is -2.15. The number of carbonyl (C=O) groups excluding carboxylic acids is 3. The summed E-state index contributed by atoms with van der Waals surface area (Å²) in [5.74, 6) is -1.01. The molecule has 0 unspecified atom stereocenters. The van der Waals surface area contributed by atoms with Crippen molar-refractivity contribution in [2.45, 2.75) is 19.4 Å². The molecule has 0 saturated heterocycles. The second-order valence-corrected chi connectivity index (χ2v) is 6.91. The quantitative estimate of drug-likeness (QED) is 0.546. The molecule has 160 valence electrons. The minimum Gasteiger partial charge on any atom is -0.495 e. The topological polar surface area (TPSA) is 93.7 Å². The molecule has 7 nitrogen and oxygen atoms in total. The standard InChI is InChI=1S/C24H24N2O5/c1-16(24(29)26-20-12-5-6-13-21(20)30-2)31-23(28)15-25-22(27)14-18-10-7-9-17-8-3-4-11-19(17)18/h3-13,16H,14-15H2,1-2H3,(H,25,27)(H,26,29)/t16-/m0/s1. The SMILES string of the molecule is COc1ccccc1NC(=O)[C@H](C)OC(=O)CNC(=O)Cc1cccc2ccccc12. The number of carbonyl (C=O) groups is 3. The minimum atomic E-state index is -1.03. The number of ether oxygens (including phenoxy) is 2. The van der Waals surface area contributed by atoms with Crippen LogP contribution in [0.4, 0.5) is 5.69 Å². The molecule has 3 aromatic carbocycles. The van der Waals surface area contributed by atoms with E-state index < -0.39 is 18.0 Å². The Kier molecular flexibility index (Phi) is 7.22. The highest BCUT2D eigenvalue weighted by Crippen LogP contribution is 2.23. The first-order valence-electron chi connectivity index (χ1n) is 9.84. The summed E-state index contributed by atoms with van der Waals surface area (Å²) in [5, 5.41) is 7.23. The van der Waals surface area contributed by atoms with Crippen molar-refractivity contribution >= 4 is 34.2 Å². The van der Waals surface area contributed by atoms with Crippen LogP contribution in [0.3, 0.4) is 0 Å². The van der Waals surface area contributed by atoms with Gasteiger partial charge in [-0.1, -0.05) is 54.6 Å². The van der Waals surface area contributed by atoms with Gasteiger partial charge >= 0.3 is 5.97 Å². The fourth-order valence-corrected chi connectivity index (χ4v) is 3.13. The monoisotopic (exact) mass is 420 g/mol. The van der Waals surface area contributed by atoms with E-state index in [9.17, 15) is 14.4 Å². The summed E-state index contributed by atoms with van der Waals surface area (Å²) < 4.78 is 10.3. The number of amides is 2. The van der Waals surface area contributed by atoms with Gasteiger partial charge in [-0.25, -0.2) is 0 Å². The van der Waals surface area contributed by atoms with E-state index in [1.54, 1.807) is 24.3 Å². The molecule has 2 amide bonds. The molecule has 0 radical (unpaired) electrons. The van der Waals surface area contributed by atoms with Gasteiger partial charge in [-0.15, -0.1) is 0 Å². The van der Waals surface area contributed by atoms with Crippen LogP contribution in [0, 0.1) is 0 Å². The van der Waals surface area contributed by atoms with Crippen LogP contribution in [-0.4, -0.2) is 37.5 Å². The van der Waals surface area contributed by atoms with Gasteiger partial charge in [-0.05, 0) is 35.4 Å². The number of benzene rings is 3. The molecule has 7 heteroatoms. The van der Waals surface area contributed by atoms with Crippen molar-refractivity contribution in [3.05, 3.63) is 72.3 Å². The average Bonchev–Trinajstić information content (AvgIpc) is 2.78. The first-order chi connectivity index (χ1) is 15.0. The summed E-state index contributed by atoms with van der Waals surface area (Å²) in [5.41, 5.74) is 1.34. The zero-order chi connectivity index (χ0) is 22.2. The van der Waals surface area contributed by atoms with E-state index in [1.807, 2.05) is 42.5 Å². The Bertz CT molecular complexity index is 1090. The summed E-state index contributed by atoms with van der Waals surface area (Å²) in [6.45, 7) is 1.14. The zero-order valence-electron chi connectivity index (χ0n) is 17.4. The van der Waals surface area contributed by atoms with E-state index in [-0.39, 0.29) is 18.9 Å². The van der Waals surface area contributed by atoms with Crippen LogP contribution in [0.25, 0.3) is 10.8 Å². The van der Waals surface area contributed by atoms with Crippen LogP contribution in [-0.2, 0) is 25.5 Å². The summed E-state index contributed by atoms with van der Waals surface area (Å²) >= 11 is 0. The lowest BCUT2D eigenvalue weighted by Crippen LogP contribution is -2.36. The maximum atomic E-state index is 12.3. The van der Waals surface area contributed by atoms with E-state index in [4.69, 9.17) is 9.47 Å². The van der Waals surface area contributed by atoms with Gasteiger partial charge in [-0.3, -0.25) is 14.4 Å². The molecule has 0 aliphatic heterocycles. The number of nitrogens with one attached hydrogen (secondary N) is 2. The van der Waals surface area contributed by atoms with Crippen molar-refractivity contribution < 1.29 is 23.9 Å². The van der Waals surface area contributed by atoms with Crippen LogP contribution in [0.5, 0.6) is 5.75 Å². The second kappa shape index (κ2) is 10.2. The molecule has 31 heavy (non-hydrogen) atoms.